The summed E-state index contributed by atoms with van der Waals surface area (Å²) in [6.45, 7) is 10.00. The first-order chi connectivity index (χ1) is 14.1. The zero-order valence-corrected chi connectivity index (χ0v) is 19.4. The van der Waals surface area contributed by atoms with Crippen LogP contribution in [0.15, 0.2) is 72.3 Å². The molecule has 1 unspecified atom stereocenters. The molecule has 0 aliphatic heterocycles. The summed E-state index contributed by atoms with van der Waals surface area (Å²) < 4.78 is 5.23. The van der Waals surface area contributed by atoms with Gasteiger partial charge < -0.3 is 9.64 Å². The van der Waals surface area contributed by atoms with E-state index in [0.717, 1.165) is 43.6 Å². The lowest BCUT2D eigenvalue weighted by Gasteiger charge is -2.28. The molecule has 0 aromatic heterocycles. The van der Waals surface area contributed by atoms with Gasteiger partial charge >= 0.3 is 0 Å². The fourth-order valence-corrected chi connectivity index (χ4v) is 3.39. The molecule has 0 saturated heterocycles. The van der Waals surface area contributed by atoms with Gasteiger partial charge in [-0.15, -0.1) is 12.6 Å². The summed E-state index contributed by atoms with van der Waals surface area (Å²) in [5, 5.41) is 0. The average Bonchev–Trinajstić information content (AvgIpc) is 2.70. The average molecular weight is 414 g/mol. The number of benzene rings is 1. The van der Waals surface area contributed by atoms with Crippen LogP contribution in [0.2, 0.25) is 0 Å². The van der Waals surface area contributed by atoms with Gasteiger partial charge in [-0.3, -0.25) is 0 Å². The predicted molar refractivity (Wildman–Crippen MR) is 131 cm³/mol. The van der Waals surface area contributed by atoms with Crippen LogP contribution in [-0.2, 0) is 17.8 Å². The van der Waals surface area contributed by atoms with Crippen LogP contribution in [0, 0.1) is 0 Å². The Morgan fingerprint density at radius 2 is 2.03 bits per heavy atom. The molecule has 1 atom stereocenters. The number of hydrogen-bond acceptors (Lipinski definition) is 3. The third-order valence-electron chi connectivity index (χ3n) is 4.77. The lowest BCUT2D eigenvalue weighted by molar-refractivity contribution is 0.185. The maximum Gasteiger partial charge on any atom is 0.0713 e. The van der Waals surface area contributed by atoms with Crippen LogP contribution in [0.4, 0.5) is 0 Å². The number of methoxy groups -OCH3 is 1. The highest BCUT2D eigenvalue weighted by Gasteiger charge is 2.10. The molecule has 0 amide bonds. The first kappa shape index (κ1) is 25.3. The minimum atomic E-state index is 0.431. The first-order valence-electron chi connectivity index (χ1n) is 10.7. The largest absolute Gasteiger partial charge is 0.380 e. The van der Waals surface area contributed by atoms with Gasteiger partial charge in [0.2, 0.25) is 0 Å². The van der Waals surface area contributed by atoms with Crippen molar-refractivity contribution in [2.24, 2.45) is 0 Å². The fraction of sp³-hybridized carbons (Fsp3) is 0.462. The number of aryl methyl sites for hydroxylation is 1. The molecule has 1 rings (SSSR count). The number of nitrogens with zero attached hydrogens (tertiary/aromatic N) is 1. The lowest BCUT2D eigenvalue weighted by atomic mass is 10.0. The second-order valence-corrected chi connectivity index (χ2v) is 8.08. The summed E-state index contributed by atoms with van der Waals surface area (Å²) in [6, 6.07) is 9.11. The first-order valence-corrected chi connectivity index (χ1v) is 11.2. The topological polar surface area (TPSA) is 12.5 Å². The van der Waals surface area contributed by atoms with E-state index >= 15 is 0 Å². The molecule has 2 nitrogen and oxygen atoms in total. The highest BCUT2D eigenvalue weighted by molar-refractivity contribution is 7.84. The Hall–Kier alpha value is -1.71. The quantitative estimate of drug-likeness (QED) is 0.142. The zero-order chi connectivity index (χ0) is 21.3. The van der Waals surface area contributed by atoms with Gasteiger partial charge in [-0.2, -0.15) is 0 Å². The van der Waals surface area contributed by atoms with Crippen LogP contribution in [0.25, 0.3) is 0 Å². The van der Waals surface area contributed by atoms with E-state index in [1.54, 1.807) is 7.11 Å². The summed E-state index contributed by atoms with van der Waals surface area (Å²) in [7, 11) is 1.74. The second kappa shape index (κ2) is 16.1. The number of unbranched alkanes of at least 4 members (excludes halogenated alkanes) is 1. The third-order valence-corrected chi connectivity index (χ3v) is 4.91. The van der Waals surface area contributed by atoms with Crippen LogP contribution in [0.3, 0.4) is 0 Å². The molecule has 160 valence electrons. The molecule has 1 aromatic rings. The number of allylic oxidation sites excluding steroid dienone is 5. The van der Waals surface area contributed by atoms with E-state index < -0.39 is 0 Å². The standard InChI is InChI=1S/C26H39NOS/c1-5-14-26(27(6-2)20-12-8-7-9-15-23(3)29)19-11-10-16-24-17-13-18-25(21-24)22-28-4/h6-7,9,11,13,15,17-19,21,26,29H,2,5,8,10,12,14,16,20,22H2,1,3-4H3/b9-7+,19-11+,23-15-. The number of ether oxygens (including phenoxy) is 1. The molecule has 3 heteroatoms. The molecule has 0 aliphatic carbocycles. The maximum atomic E-state index is 5.23. The van der Waals surface area contributed by atoms with Crippen LogP contribution in [0.5, 0.6) is 0 Å². The van der Waals surface area contributed by atoms with Gasteiger partial charge in [-0.05, 0) is 61.3 Å². The van der Waals surface area contributed by atoms with Crippen molar-refractivity contribution in [2.45, 2.75) is 65.0 Å². The normalized spacial score (nSPS) is 13.3. The molecule has 0 aliphatic rings. The summed E-state index contributed by atoms with van der Waals surface area (Å²) in [4.78, 5) is 3.42. The molecule has 0 N–H and O–H groups in total. The smallest absolute Gasteiger partial charge is 0.0713 e. The summed E-state index contributed by atoms with van der Waals surface area (Å²) >= 11 is 4.27. The van der Waals surface area contributed by atoms with Crippen LogP contribution in [0.1, 0.15) is 57.1 Å². The molecule has 0 bridgehead atoms. The minimum Gasteiger partial charge on any atom is -0.380 e. The van der Waals surface area contributed by atoms with Gasteiger partial charge in [0.25, 0.3) is 0 Å². The Morgan fingerprint density at radius 1 is 1.24 bits per heavy atom. The van der Waals surface area contributed by atoms with Crippen molar-refractivity contribution >= 4 is 12.6 Å². The number of thiol groups is 1. The third kappa shape index (κ3) is 11.8. The van der Waals surface area contributed by atoms with Crippen molar-refractivity contribution in [3.63, 3.8) is 0 Å². The van der Waals surface area contributed by atoms with Gasteiger partial charge in [0, 0.05) is 19.7 Å². The molecular weight excluding hydrogens is 374 g/mol. The van der Waals surface area contributed by atoms with Crippen LogP contribution < -0.4 is 0 Å². The number of rotatable bonds is 15. The van der Waals surface area contributed by atoms with Gasteiger partial charge in [0.05, 0.1) is 6.61 Å². The predicted octanol–water partition coefficient (Wildman–Crippen LogP) is 7.11. The van der Waals surface area contributed by atoms with Gasteiger partial charge in [0.1, 0.15) is 0 Å². The molecule has 0 radical (unpaired) electrons. The maximum absolute atomic E-state index is 5.23. The highest BCUT2D eigenvalue weighted by atomic mass is 32.1. The monoisotopic (exact) mass is 413 g/mol. The van der Waals surface area contributed by atoms with Gasteiger partial charge in [-0.1, -0.05) is 74.6 Å². The summed E-state index contributed by atoms with van der Waals surface area (Å²) in [6.07, 6.45) is 19.7. The van der Waals surface area contributed by atoms with E-state index in [4.69, 9.17) is 4.74 Å². The van der Waals surface area contributed by atoms with E-state index in [1.807, 2.05) is 19.2 Å². The molecule has 0 spiro atoms. The Labute approximate surface area is 184 Å². The van der Waals surface area contributed by atoms with E-state index in [1.165, 1.54) is 17.5 Å². The Kier molecular flexibility index (Phi) is 14.1. The SMILES string of the molecule is C=CN(CCC/C=C/C=C(/C)S)C(/C=C/CCc1cccc(COC)c1)CCC. The van der Waals surface area contributed by atoms with E-state index in [-0.39, 0.29) is 0 Å². The number of hydrogen-bond donors (Lipinski definition) is 1. The van der Waals surface area contributed by atoms with Crippen molar-refractivity contribution in [2.75, 3.05) is 13.7 Å². The molecule has 29 heavy (non-hydrogen) atoms. The summed E-state index contributed by atoms with van der Waals surface area (Å²) in [5.74, 6) is 0. The van der Waals surface area contributed by atoms with E-state index in [9.17, 15) is 0 Å². The lowest BCUT2D eigenvalue weighted by Crippen LogP contribution is -2.29. The molecule has 1 aromatic carbocycles. The van der Waals surface area contributed by atoms with Gasteiger partial charge in [0.15, 0.2) is 0 Å². The molecular formula is C26H39NOS. The van der Waals surface area contributed by atoms with E-state index in [0.29, 0.717) is 12.6 Å². The van der Waals surface area contributed by atoms with Crippen molar-refractivity contribution in [3.8, 4) is 0 Å². The fourth-order valence-electron chi connectivity index (χ4n) is 3.30. The second-order valence-electron chi connectivity index (χ2n) is 7.37. The van der Waals surface area contributed by atoms with Gasteiger partial charge in [-0.25, -0.2) is 0 Å². The van der Waals surface area contributed by atoms with Crippen LogP contribution >= 0.6 is 12.6 Å². The molecule has 0 saturated carbocycles. The summed E-state index contributed by atoms with van der Waals surface area (Å²) in [5.41, 5.74) is 2.61. The van der Waals surface area contributed by atoms with Crippen molar-refractivity contribution in [1.29, 1.82) is 0 Å². The van der Waals surface area contributed by atoms with Crippen molar-refractivity contribution in [3.05, 3.63) is 83.5 Å². The molecule has 0 fully saturated rings. The minimum absolute atomic E-state index is 0.431. The Bertz CT molecular complexity index is 658. The van der Waals surface area contributed by atoms with E-state index in [2.05, 4.69) is 79.6 Å². The molecule has 0 heterocycles. The Balaban J connectivity index is 2.51. The highest BCUT2D eigenvalue weighted by Crippen LogP contribution is 2.13. The van der Waals surface area contributed by atoms with Crippen LogP contribution in [-0.4, -0.2) is 24.6 Å². The van der Waals surface area contributed by atoms with Crippen molar-refractivity contribution in [1.82, 2.24) is 4.90 Å². The van der Waals surface area contributed by atoms with Crippen molar-refractivity contribution < 1.29 is 4.74 Å². The Morgan fingerprint density at radius 3 is 2.72 bits per heavy atom. The zero-order valence-electron chi connectivity index (χ0n) is 18.5.